The van der Waals surface area contributed by atoms with Crippen LogP contribution in [0.15, 0.2) is 41.5 Å². The molecule has 1 saturated carbocycles. The third-order valence-electron chi connectivity index (χ3n) is 11.2. The largest absolute Gasteiger partial charge is 0.481 e. The highest BCUT2D eigenvalue weighted by Gasteiger charge is 2.46. The van der Waals surface area contributed by atoms with E-state index in [1.54, 1.807) is 28.6 Å². The first-order valence-corrected chi connectivity index (χ1v) is 21.8. The average Bonchev–Trinajstić information content (AvgIpc) is 3.81. The molecule has 15 heteroatoms. The molecule has 0 aliphatic heterocycles. The second-order valence-corrected chi connectivity index (χ2v) is 22.2. The number of nitrogens with zero attached hydrogens (tertiary/aromatic N) is 5. The Labute approximate surface area is 321 Å². The third kappa shape index (κ3) is 7.73. The van der Waals surface area contributed by atoms with E-state index in [1.807, 2.05) is 58.9 Å². The highest BCUT2D eigenvalue weighted by molar-refractivity contribution is 6.74. The summed E-state index contributed by atoms with van der Waals surface area (Å²) in [5.41, 5.74) is 3.62. The third-order valence-corrected chi connectivity index (χ3v) is 15.7. The van der Waals surface area contributed by atoms with Crippen molar-refractivity contribution in [2.24, 2.45) is 7.05 Å². The van der Waals surface area contributed by atoms with Crippen LogP contribution in [-0.2, 0) is 27.5 Å². The number of alkyl carbamates (subject to hydrolysis) is 1. The minimum atomic E-state index is -2.34. The van der Waals surface area contributed by atoms with Crippen LogP contribution in [0.4, 0.5) is 9.18 Å². The van der Waals surface area contributed by atoms with Crippen LogP contribution >= 0.6 is 0 Å². The van der Waals surface area contributed by atoms with Crippen LogP contribution < -0.4 is 11.0 Å². The molecular weight excluding hydrogens is 722 g/mol. The highest BCUT2D eigenvalue weighted by atomic mass is 28.4. The van der Waals surface area contributed by atoms with Crippen molar-refractivity contribution in [1.29, 1.82) is 0 Å². The molecule has 296 valence electrons. The fraction of sp³-hybridized carbons (Fsp3) is 0.525. The summed E-state index contributed by atoms with van der Waals surface area (Å²) in [7, 11) is -0.629. The van der Waals surface area contributed by atoms with Gasteiger partial charge >= 0.3 is 17.8 Å². The molecule has 1 amide bonds. The van der Waals surface area contributed by atoms with Gasteiger partial charge in [-0.3, -0.25) is 18.6 Å². The number of carbonyl (C=O) groups is 2. The Bertz CT molecular complexity index is 2310. The molecule has 4 atom stereocenters. The SMILES string of the molecule is CCn1cc(-c2[nH]c3ncc4c(c3c2-c2ccc(C(C)CC(=O)O)cc2)n([C@H]2C[C@H](NC(=O)OC(C)(C)C)[C@H](O[Si](C)(C)C(C)(C)C)C2)c(=O)n4C)c(F)n1. The number of aromatic amines is 1. The zero-order valence-electron chi connectivity index (χ0n) is 33.7. The summed E-state index contributed by atoms with van der Waals surface area (Å²) in [5, 5.41) is 17.1. The van der Waals surface area contributed by atoms with Crippen molar-refractivity contribution in [3.63, 3.8) is 0 Å². The number of nitrogens with one attached hydrogen (secondary N) is 2. The molecule has 1 aliphatic rings. The first kappa shape index (κ1) is 39.9. The van der Waals surface area contributed by atoms with Crippen molar-refractivity contribution >= 4 is 42.4 Å². The second kappa shape index (κ2) is 14.4. The maximum absolute atomic E-state index is 15.7. The lowest BCUT2D eigenvalue weighted by molar-refractivity contribution is -0.137. The molecule has 5 aromatic rings. The number of aliphatic carboxylic acids is 1. The van der Waals surface area contributed by atoms with Gasteiger partial charge in [-0.2, -0.15) is 4.39 Å². The quantitative estimate of drug-likeness (QED) is 0.120. The van der Waals surface area contributed by atoms with Gasteiger partial charge in [-0.1, -0.05) is 52.0 Å². The summed E-state index contributed by atoms with van der Waals surface area (Å²) >= 11 is 0. The van der Waals surface area contributed by atoms with E-state index >= 15 is 4.39 Å². The molecule has 0 radical (unpaired) electrons. The van der Waals surface area contributed by atoms with Gasteiger partial charge in [0.15, 0.2) is 8.32 Å². The van der Waals surface area contributed by atoms with Gasteiger partial charge in [-0.25, -0.2) is 14.6 Å². The number of fused-ring (bicyclic) bond motifs is 3. The van der Waals surface area contributed by atoms with Gasteiger partial charge in [0, 0.05) is 31.4 Å². The minimum absolute atomic E-state index is 0.0226. The maximum Gasteiger partial charge on any atom is 0.407 e. The predicted molar refractivity (Wildman–Crippen MR) is 213 cm³/mol. The van der Waals surface area contributed by atoms with E-state index in [9.17, 15) is 19.5 Å². The predicted octanol–water partition coefficient (Wildman–Crippen LogP) is 8.10. The number of carboxylic acid groups (broad SMARTS) is 1. The number of pyridine rings is 1. The van der Waals surface area contributed by atoms with E-state index in [0.29, 0.717) is 52.7 Å². The van der Waals surface area contributed by atoms with Crippen LogP contribution in [-0.4, -0.2) is 72.1 Å². The fourth-order valence-electron chi connectivity index (χ4n) is 7.37. The number of carboxylic acids is 1. The highest BCUT2D eigenvalue weighted by Crippen LogP contribution is 2.45. The van der Waals surface area contributed by atoms with E-state index < -0.39 is 44.1 Å². The number of hydrogen-bond acceptors (Lipinski definition) is 7. The van der Waals surface area contributed by atoms with E-state index in [0.717, 1.165) is 11.1 Å². The van der Waals surface area contributed by atoms with E-state index in [4.69, 9.17) is 14.1 Å². The first-order valence-electron chi connectivity index (χ1n) is 18.9. The van der Waals surface area contributed by atoms with Crippen molar-refractivity contribution in [2.75, 3.05) is 0 Å². The zero-order valence-corrected chi connectivity index (χ0v) is 34.7. The van der Waals surface area contributed by atoms with Crippen LogP contribution in [0.25, 0.3) is 44.5 Å². The Morgan fingerprint density at radius 2 is 1.80 bits per heavy atom. The number of rotatable bonds is 10. The Hall–Kier alpha value is -4.76. The number of aryl methyl sites for hydroxylation is 2. The van der Waals surface area contributed by atoms with Crippen LogP contribution in [0, 0.1) is 5.95 Å². The zero-order chi connectivity index (χ0) is 40.4. The van der Waals surface area contributed by atoms with Gasteiger partial charge in [0.25, 0.3) is 0 Å². The normalized spacial score (nSPS) is 18.7. The summed E-state index contributed by atoms with van der Waals surface area (Å²) in [6.45, 7) is 20.5. The van der Waals surface area contributed by atoms with Crippen LogP contribution in [0.2, 0.25) is 18.1 Å². The lowest BCUT2D eigenvalue weighted by Crippen LogP contribution is -2.50. The molecule has 3 N–H and O–H groups in total. The van der Waals surface area contributed by atoms with E-state index in [-0.39, 0.29) is 34.7 Å². The van der Waals surface area contributed by atoms with Crippen LogP contribution in [0.3, 0.4) is 0 Å². The summed E-state index contributed by atoms with van der Waals surface area (Å²) in [6.07, 6.45) is 3.19. The molecule has 1 aliphatic carbocycles. The Morgan fingerprint density at radius 3 is 2.38 bits per heavy atom. The summed E-state index contributed by atoms with van der Waals surface area (Å²) < 4.78 is 33.2. The van der Waals surface area contributed by atoms with Crippen molar-refractivity contribution in [1.82, 2.24) is 34.2 Å². The molecule has 0 spiro atoms. The van der Waals surface area contributed by atoms with Gasteiger partial charge in [0.05, 0.1) is 52.4 Å². The lowest BCUT2D eigenvalue weighted by Gasteiger charge is -2.40. The molecule has 4 aromatic heterocycles. The van der Waals surface area contributed by atoms with Gasteiger partial charge in [-0.05, 0) is 75.7 Å². The molecule has 13 nitrogen and oxygen atoms in total. The summed E-state index contributed by atoms with van der Waals surface area (Å²) in [5.74, 6) is -1.77. The minimum Gasteiger partial charge on any atom is -0.481 e. The number of ether oxygens (including phenoxy) is 1. The Morgan fingerprint density at radius 1 is 1.13 bits per heavy atom. The number of benzene rings is 1. The number of imidazole rings is 1. The molecule has 55 heavy (non-hydrogen) atoms. The monoisotopic (exact) mass is 775 g/mol. The van der Waals surface area contributed by atoms with Gasteiger partial charge in [0.2, 0.25) is 5.95 Å². The number of hydrogen-bond donors (Lipinski definition) is 3. The van der Waals surface area contributed by atoms with Gasteiger partial charge in [0.1, 0.15) is 11.2 Å². The fourth-order valence-corrected chi connectivity index (χ4v) is 8.75. The summed E-state index contributed by atoms with van der Waals surface area (Å²) in [6, 6.07) is 6.73. The maximum atomic E-state index is 15.7. The number of amides is 1. The van der Waals surface area contributed by atoms with Crippen molar-refractivity contribution < 1.29 is 28.2 Å². The molecule has 6 rings (SSSR count). The van der Waals surface area contributed by atoms with Crippen LogP contribution in [0.5, 0.6) is 0 Å². The molecule has 1 unspecified atom stereocenters. The van der Waals surface area contributed by atoms with E-state index in [1.165, 1.54) is 4.68 Å². The lowest BCUT2D eigenvalue weighted by atomic mass is 9.93. The van der Waals surface area contributed by atoms with Crippen LogP contribution in [0.1, 0.15) is 92.2 Å². The van der Waals surface area contributed by atoms with Crippen molar-refractivity contribution in [3.05, 3.63) is 58.7 Å². The number of halogens is 1. The average molecular weight is 776 g/mol. The molecule has 0 bridgehead atoms. The Kier molecular flexibility index (Phi) is 10.4. The second-order valence-electron chi connectivity index (χ2n) is 17.4. The van der Waals surface area contributed by atoms with E-state index in [2.05, 4.69) is 49.3 Å². The molecule has 1 fully saturated rings. The molecular formula is C40H54FN7O6Si. The van der Waals surface area contributed by atoms with Gasteiger partial charge in [-0.15, -0.1) is 5.10 Å². The summed E-state index contributed by atoms with van der Waals surface area (Å²) in [4.78, 5) is 47.3. The van der Waals surface area contributed by atoms with Crippen molar-refractivity contribution in [3.8, 4) is 22.4 Å². The molecule has 1 aromatic carbocycles. The van der Waals surface area contributed by atoms with Gasteiger partial charge < -0.3 is 24.6 Å². The standard InChI is InChI=1S/C40H54FN7O6Si/c1-12-47-21-26(35(41)45-47)33-31(24-15-13-23(14-16-24)22(2)17-30(49)50)32-34-28(20-42-36(32)44-33)46(9)38(52)48(34)25-18-27(43-37(51)53-39(3,4)5)29(19-25)54-55(10,11)40(6,7)8/h13-16,20-22,25,27,29H,12,17-19H2,1-11H3,(H,42,44)(H,43,51)(H,49,50)/t22?,25-,27-,29+/m0/s1. The molecule has 4 heterocycles. The number of aromatic nitrogens is 6. The number of carbonyl (C=O) groups excluding carboxylic acids is 1. The first-order chi connectivity index (χ1) is 25.6. The van der Waals surface area contributed by atoms with Crippen molar-refractivity contribution in [2.45, 2.75) is 129 Å². The number of H-pyrrole nitrogens is 1. The molecule has 0 saturated heterocycles. The Balaban J connectivity index is 1.56. The topological polar surface area (TPSA) is 158 Å². The smallest absolute Gasteiger partial charge is 0.407 e.